The average Bonchev–Trinajstić information content (AvgIpc) is 2.19. The fourth-order valence-corrected chi connectivity index (χ4v) is 1.20. The van der Waals surface area contributed by atoms with E-state index >= 15 is 0 Å². The molecule has 1 aromatic rings. The van der Waals surface area contributed by atoms with E-state index in [2.05, 4.69) is 5.92 Å². The number of hydrogen-bond acceptors (Lipinski definition) is 3. The molecular weight excluding hydrogens is 198 g/mol. The Morgan fingerprint density at radius 3 is 2.40 bits per heavy atom. The van der Waals surface area contributed by atoms with Crippen LogP contribution in [0.3, 0.4) is 0 Å². The van der Waals surface area contributed by atoms with Gasteiger partial charge in [0.25, 0.3) is 0 Å². The topological polar surface area (TPSA) is 76.9 Å². The third-order valence-electron chi connectivity index (χ3n) is 1.86. The van der Waals surface area contributed by atoms with Crippen LogP contribution in [0.5, 0.6) is 0 Å². The summed E-state index contributed by atoms with van der Waals surface area (Å²) in [6.07, 6.45) is 5.63. The monoisotopic (exact) mass is 209 g/mol. The van der Waals surface area contributed by atoms with Crippen molar-refractivity contribution in [3.05, 3.63) is 31.5 Å². The molecule has 1 heterocycles. The molecule has 1 rings (SSSR count). The maximum absolute atomic E-state index is 11.6. The lowest BCUT2D eigenvalue weighted by atomic mass is 10.5. The molecule has 0 saturated carbocycles. The van der Waals surface area contributed by atoms with Gasteiger partial charge in [0.1, 0.15) is 0 Å². The highest BCUT2D eigenvalue weighted by atomic mass is 16.2. The Hall–Kier alpha value is -2.03. The van der Waals surface area contributed by atoms with Crippen molar-refractivity contribution in [2.75, 3.05) is 0 Å². The lowest BCUT2D eigenvalue weighted by Gasteiger charge is -2.04. The van der Waals surface area contributed by atoms with Gasteiger partial charge in [0.2, 0.25) is 0 Å². The molecule has 0 saturated heterocycles. The summed E-state index contributed by atoms with van der Waals surface area (Å²) in [5.74, 6) is 2.18. The van der Waals surface area contributed by atoms with Crippen molar-refractivity contribution < 1.29 is 0 Å². The zero-order chi connectivity index (χ0) is 11.4. The molecule has 1 N–H and O–H groups in total. The first-order chi connectivity index (χ1) is 7.11. The molecule has 6 heteroatoms. The molecule has 0 fully saturated rings. The van der Waals surface area contributed by atoms with E-state index in [1.54, 1.807) is 0 Å². The van der Waals surface area contributed by atoms with Crippen LogP contribution in [0.1, 0.15) is 13.3 Å². The van der Waals surface area contributed by atoms with E-state index < -0.39 is 17.1 Å². The molecule has 0 amide bonds. The number of rotatable bonds is 3. The Labute approximate surface area is 85.2 Å². The predicted octanol–water partition coefficient (Wildman–Crippen LogP) is -1.26. The summed E-state index contributed by atoms with van der Waals surface area (Å²) in [7, 11) is 0. The van der Waals surface area contributed by atoms with Crippen LogP contribution in [0.15, 0.2) is 14.4 Å². The average molecular weight is 209 g/mol. The summed E-state index contributed by atoms with van der Waals surface area (Å²) in [6, 6.07) is 0. The lowest BCUT2D eigenvalue weighted by molar-refractivity contribution is 0.532. The van der Waals surface area contributed by atoms with E-state index in [1.807, 2.05) is 11.9 Å². The maximum Gasteiger partial charge on any atom is 0.337 e. The van der Waals surface area contributed by atoms with E-state index in [9.17, 15) is 14.4 Å². The number of aromatic nitrogens is 3. The van der Waals surface area contributed by atoms with Gasteiger partial charge in [-0.1, -0.05) is 12.8 Å². The fraction of sp³-hybridized carbons (Fsp3) is 0.444. The summed E-state index contributed by atoms with van der Waals surface area (Å²) in [5, 5.41) is 0. The Balaban J connectivity index is 3.51. The van der Waals surface area contributed by atoms with Crippen LogP contribution in [0.25, 0.3) is 0 Å². The molecular formula is C9H11N3O3. The van der Waals surface area contributed by atoms with E-state index in [1.165, 1.54) is 0 Å². The molecule has 0 aliphatic heterocycles. The summed E-state index contributed by atoms with van der Waals surface area (Å²) in [4.78, 5) is 36.1. The van der Waals surface area contributed by atoms with Crippen LogP contribution >= 0.6 is 0 Å². The quantitative estimate of drug-likeness (QED) is 0.631. The highest BCUT2D eigenvalue weighted by Crippen LogP contribution is 1.77. The first-order valence-corrected chi connectivity index (χ1v) is 4.49. The second-order valence-electron chi connectivity index (χ2n) is 2.96. The van der Waals surface area contributed by atoms with Gasteiger partial charge in [-0.3, -0.25) is 4.98 Å². The van der Waals surface area contributed by atoms with Crippen molar-refractivity contribution in [3.8, 4) is 12.3 Å². The Morgan fingerprint density at radius 2 is 1.87 bits per heavy atom. The zero-order valence-corrected chi connectivity index (χ0v) is 8.32. The van der Waals surface area contributed by atoms with Crippen molar-refractivity contribution in [1.29, 1.82) is 0 Å². The predicted molar refractivity (Wildman–Crippen MR) is 54.7 cm³/mol. The van der Waals surface area contributed by atoms with Crippen LogP contribution in [-0.4, -0.2) is 14.1 Å². The minimum absolute atomic E-state index is 0.141. The number of hydrogen-bond donors (Lipinski definition) is 1. The molecule has 6 nitrogen and oxygen atoms in total. The minimum Gasteiger partial charge on any atom is -0.259 e. The summed E-state index contributed by atoms with van der Waals surface area (Å²) < 4.78 is 1.77. The molecule has 0 aliphatic rings. The summed E-state index contributed by atoms with van der Waals surface area (Å²) in [5.41, 5.74) is -2.13. The van der Waals surface area contributed by atoms with Gasteiger partial charge in [0.15, 0.2) is 0 Å². The molecule has 0 radical (unpaired) electrons. The summed E-state index contributed by atoms with van der Waals surface area (Å²) in [6.45, 7) is 1.94. The molecule has 80 valence electrons. The molecule has 0 unspecified atom stereocenters. The van der Waals surface area contributed by atoms with Gasteiger partial charge in [0.05, 0.1) is 6.54 Å². The van der Waals surface area contributed by atoms with Gasteiger partial charge in [-0.05, 0) is 6.42 Å². The van der Waals surface area contributed by atoms with Crippen LogP contribution in [-0.2, 0) is 13.1 Å². The number of nitrogens with one attached hydrogen (secondary N) is 1. The highest BCUT2D eigenvalue weighted by molar-refractivity contribution is 4.87. The first kappa shape index (κ1) is 11.0. The zero-order valence-electron chi connectivity index (χ0n) is 8.32. The minimum atomic E-state index is -0.768. The Morgan fingerprint density at radius 1 is 1.27 bits per heavy atom. The third-order valence-corrected chi connectivity index (χ3v) is 1.86. The molecule has 0 spiro atoms. The smallest absolute Gasteiger partial charge is 0.259 e. The van der Waals surface area contributed by atoms with E-state index in [0.717, 1.165) is 9.13 Å². The fourth-order valence-electron chi connectivity index (χ4n) is 1.20. The van der Waals surface area contributed by atoms with Gasteiger partial charge in [-0.15, -0.1) is 6.42 Å². The Kier molecular flexibility index (Phi) is 3.29. The molecule has 0 aromatic carbocycles. The standard InChI is InChI=1S/C9H11N3O3/c1-3-5-11-7(13)10-8(14)12(6-4-2)9(11)15/h1H,4-6H2,2H3,(H,10,13,14). The highest BCUT2D eigenvalue weighted by Gasteiger charge is 2.07. The van der Waals surface area contributed by atoms with Crippen molar-refractivity contribution in [1.82, 2.24) is 14.1 Å². The maximum atomic E-state index is 11.6. The van der Waals surface area contributed by atoms with E-state index in [4.69, 9.17) is 6.42 Å². The van der Waals surface area contributed by atoms with Gasteiger partial charge < -0.3 is 0 Å². The normalized spacial score (nSPS) is 9.87. The largest absolute Gasteiger partial charge is 0.337 e. The van der Waals surface area contributed by atoms with Crippen LogP contribution < -0.4 is 17.1 Å². The first-order valence-electron chi connectivity index (χ1n) is 4.49. The van der Waals surface area contributed by atoms with Crippen molar-refractivity contribution >= 4 is 0 Å². The number of H-pyrrole nitrogens is 1. The van der Waals surface area contributed by atoms with Crippen molar-refractivity contribution in [2.45, 2.75) is 26.4 Å². The Bertz CT molecular complexity index is 556. The van der Waals surface area contributed by atoms with Gasteiger partial charge in [-0.25, -0.2) is 23.5 Å². The second kappa shape index (κ2) is 4.46. The van der Waals surface area contributed by atoms with Crippen LogP contribution in [0.2, 0.25) is 0 Å². The summed E-state index contributed by atoms with van der Waals surface area (Å²) >= 11 is 0. The number of terminal acetylenes is 1. The molecule has 15 heavy (non-hydrogen) atoms. The number of nitrogens with zero attached hydrogens (tertiary/aromatic N) is 2. The molecule has 0 aliphatic carbocycles. The van der Waals surface area contributed by atoms with Gasteiger partial charge in [-0.2, -0.15) is 0 Å². The SMILES string of the molecule is C#CCn1c(=O)[nH]c(=O)n(CCC)c1=O. The van der Waals surface area contributed by atoms with Gasteiger partial charge >= 0.3 is 17.1 Å². The van der Waals surface area contributed by atoms with Crippen molar-refractivity contribution in [2.24, 2.45) is 0 Å². The molecule has 0 atom stereocenters. The van der Waals surface area contributed by atoms with Crippen LogP contribution in [0.4, 0.5) is 0 Å². The second-order valence-corrected chi connectivity index (χ2v) is 2.96. The van der Waals surface area contributed by atoms with Crippen LogP contribution in [0, 0.1) is 12.3 Å². The third kappa shape index (κ3) is 2.07. The van der Waals surface area contributed by atoms with E-state index in [-0.39, 0.29) is 13.1 Å². The van der Waals surface area contributed by atoms with Crippen molar-refractivity contribution in [3.63, 3.8) is 0 Å². The lowest BCUT2D eigenvalue weighted by Crippen LogP contribution is -2.49. The molecule has 1 aromatic heterocycles. The number of aromatic amines is 1. The van der Waals surface area contributed by atoms with Gasteiger partial charge in [0, 0.05) is 6.54 Å². The molecule has 0 bridgehead atoms. The van der Waals surface area contributed by atoms with E-state index in [0.29, 0.717) is 6.42 Å².